The van der Waals surface area contributed by atoms with E-state index in [-0.39, 0.29) is 11.7 Å². The van der Waals surface area contributed by atoms with E-state index in [1.165, 1.54) is 17.8 Å². The Bertz CT molecular complexity index is 1440. The molecule has 3 heterocycles. The smallest absolute Gasteiger partial charge is 0.252 e. The standard InChI is InChI=1S/C26H21FN4O/c1-28-26(32)19-12-21-22(15-31-25(21)30-14-19)18-11-20-17(8-7-16-5-3-2-4-6-16)9-10-29-24(20)23(27)13-18/h2-6,9-15H,7-8H2,1H3,(H,28,32)(H,30,31). The van der Waals surface area contributed by atoms with E-state index in [4.69, 9.17) is 0 Å². The van der Waals surface area contributed by atoms with Crippen LogP contribution in [-0.4, -0.2) is 27.9 Å². The van der Waals surface area contributed by atoms with Crippen molar-refractivity contribution in [1.82, 2.24) is 20.3 Å². The van der Waals surface area contributed by atoms with Crippen LogP contribution in [0.4, 0.5) is 4.39 Å². The molecule has 3 aromatic heterocycles. The van der Waals surface area contributed by atoms with E-state index in [1.807, 2.05) is 30.3 Å². The van der Waals surface area contributed by atoms with E-state index in [2.05, 4.69) is 32.4 Å². The molecule has 32 heavy (non-hydrogen) atoms. The van der Waals surface area contributed by atoms with Crippen LogP contribution in [0.25, 0.3) is 33.1 Å². The fraction of sp³-hybridized carbons (Fsp3) is 0.115. The van der Waals surface area contributed by atoms with Crippen LogP contribution in [0.5, 0.6) is 0 Å². The summed E-state index contributed by atoms with van der Waals surface area (Å²) in [5.74, 6) is -0.590. The number of carbonyl (C=O) groups excluding carboxylic acids is 1. The van der Waals surface area contributed by atoms with Crippen LogP contribution in [0.2, 0.25) is 0 Å². The summed E-state index contributed by atoms with van der Waals surface area (Å²) in [6.45, 7) is 0. The summed E-state index contributed by atoms with van der Waals surface area (Å²) in [5, 5.41) is 4.17. The average molecular weight is 424 g/mol. The maximum Gasteiger partial charge on any atom is 0.252 e. The Labute approximate surface area is 184 Å². The van der Waals surface area contributed by atoms with Crippen molar-refractivity contribution in [1.29, 1.82) is 0 Å². The van der Waals surface area contributed by atoms with Crippen molar-refractivity contribution in [3.63, 3.8) is 0 Å². The molecule has 5 nitrogen and oxygen atoms in total. The van der Waals surface area contributed by atoms with Crippen LogP contribution < -0.4 is 5.32 Å². The van der Waals surface area contributed by atoms with E-state index in [9.17, 15) is 4.79 Å². The lowest BCUT2D eigenvalue weighted by Crippen LogP contribution is -2.17. The van der Waals surface area contributed by atoms with Gasteiger partial charge in [0.2, 0.25) is 0 Å². The van der Waals surface area contributed by atoms with Crippen LogP contribution in [-0.2, 0) is 12.8 Å². The van der Waals surface area contributed by atoms with Gasteiger partial charge in [-0.3, -0.25) is 9.78 Å². The van der Waals surface area contributed by atoms with E-state index in [0.29, 0.717) is 22.3 Å². The third-order valence-electron chi connectivity index (χ3n) is 5.75. The number of aromatic nitrogens is 3. The zero-order valence-electron chi connectivity index (χ0n) is 17.5. The second kappa shape index (κ2) is 8.23. The van der Waals surface area contributed by atoms with Crippen molar-refractivity contribution in [2.75, 3.05) is 7.05 Å². The topological polar surface area (TPSA) is 70.7 Å². The van der Waals surface area contributed by atoms with Gasteiger partial charge in [-0.2, -0.15) is 0 Å². The number of rotatable bonds is 5. The Morgan fingerprint density at radius 3 is 2.69 bits per heavy atom. The lowest BCUT2D eigenvalue weighted by Gasteiger charge is -2.10. The quantitative estimate of drug-likeness (QED) is 0.414. The van der Waals surface area contributed by atoms with Crippen molar-refractivity contribution < 1.29 is 9.18 Å². The number of amides is 1. The zero-order valence-corrected chi connectivity index (χ0v) is 17.5. The molecule has 5 rings (SSSR count). The van der Waals surface area contributed by atoms with E-state index in [1.54, 1.807) is 25.5 Å². The number of nitrogens with zero attached hydrogens (tertiary/aromatic N) is 2. The first-order valence-electron chi connectivity index (χ1n) is 10.4. The summed E-state index contributed by atoms with van der Waals surface area (Å²) in [6.07, 6.45) is 6.62. The Hall–Kier alpha value is -4.06. The molecule has 0 aliphatic carbocycles. The van der Waals surface area contributed by atoms with Gasteiger partial charge in [0.25, 0.3) is 5.91 Å². The molecule has 0 aliphatic heterocycles. The second-order valence-corrected chi connectivity index (χ2v) is 7.71. The van der Waals surface area contributed by atoms with Crippen LogP contribution in [0.1, 0.15) is 21.5 Å². The number of halogens is 1. The molecule has 0 bridgehead atoms. The normalized spacial score (nSPS) is 11.2. The second-order valence-electron chi connectivity index (χ2n) is 7.71. The minimum absolute atomic E-state index is 0.219. The molecule has 0 fully saturated rings. The predicted molar refractivity (Wildman–Crippen MR) is 124 cm³/mol. The maximum atomic E-state index is 15.1. The summed E-state index contributed by atoms with van der Waals surface area (Å²) in [5.41, 5.74) is 5.24. The highest BCUT2D eigenvalue weighted by atomic mass is 19.1. The van der Waals surface area contributed by atoms with Gasteiger partial charge >= 0.3 is 0 Å². The molecule has 1 amide bonds. The molecule has 0 atom stereocenters. The van der Waals surface area contributed by atoms with Gasteiger partial charge in [0.05, 0.1) is 5.56 Å². The summed E-state index contributed by atoms with van der Waals surface area (Å²) >= 11 is 0. The summed E-state index contributed by atoms with van der Waals surface area (Å²) in [4.78, 5) is 23.8. The fourth-order valence-corrected chi connectivity index (χ4v) is 4.07. The van der Waals surface area contributed by atoms with Crippen molar-refractivity contribution in [3.8, 4) is 11.1 Å². The number of carbonyl (C=O) groups is 1. The number of H-pyrrole nitrogens is 1. The summed E-state index contributed by atoms with van der Waals surface area (Å²) < 4.78 is 15.1. The zero-order chi connectivity index (χ0) is 22.1. The molecule has 0 radical (unpaired) electrons. The molecule has 2 N–H and O–H groups in total. The molecular weight excluding hydrogens is 403 g/mol. The van der Waals surface area contributed by atoms with Crippen molar-refractivity contribution >= 4 is 27.8 Å². The van der Waals surface area contributed by atoms with Gasteiger partial charge in [-0.25, -0.2) is 9.37 Å². The van der Waals surface area contributed by atoms with Crippen molar-refractivity contribution in [2.24, 2.45) is 0 Å². The minimum atomic E-state index is -0.371. The average Bonchev–Trinajstić information content (AvgIpc) is 3.26. The fourth-order valence-electron chi connectivity index (χ4n) is 4.07. The molecular formula is C26H21FN4O. The number of benzene rings is 2. The highest BCUT2D eigenvalue weighted by molar-refractivity contribution is 6.02. The number of aromatic amines is 1. The highest BCUT2D eigenvalue weighted by Gasteiger charge is 2.15. The molecule has 0 unspecified atom stereocenters. The first-order chi connectivity index (χ1) is 15.6. The van der Waals surface area contributed by atoms with Crippen LogP contribution in [0.15, 0.2) is 73.2 Å². The van der Waals surface area contributed by atoms with Crippen molar-refractivity contribution in [2.45, 2.75) is 12.8 Å². The third kappa shape index (κ3) is 3.60. The minimum Gasteiger partial charge on any atom is -0.355 e. The number of aryl methyl sites for hydroxylation is 2. The molecule has 0 saturated carbocycles. The number of pyridine rings is 2. The van der Waals surface area contributed by atoms with Gasteiger partial charge in [-0.1, -0.05) is 30.3 Å². The molecule has 2 aromatic carbocycles. The first-order valence-corrected chi connectivity index (χ1v) is 10.4. The number of hydrogen-bond acceptors (Lipinski definition) is 3. The lowest BCUT2D eigenvalue weighted by molar-refractivity contribution is 0.0963. The van der Waals surface area contributed by atoms with Crippen molar-refractivity contribution in [3.05, 3.63) is 95.7 Å². The van der Waals surface area contributed by atoms with Gasteiger partial charge in [-0.15, -0.1) is 0 Å². The van der Waals surface area contributed by atoms with Crippen LogP contribution >= 0.6 is 0 Å². The van der Waals surface area contributed by atoms with Gasteiger partial charge in [0.1, 0.15) is 17.0 Å². The predicted octanol–water partition coefficient (Wildman–Crippen LogP) is 5.06. The maximum absolute atomic E-state index is 15.1. The summed E-state index contributed by atoms with van der Waals surface area (Å²) in [6, 6.07) is 17.4. The van der Waals surface area contributed by atoms with E-state index < -0.39 is 0 Å². The number of nitrogens with one attached hydrogen (secondary N) is 2. The molecule has 158 valence electrons. The number of fused-ring (bicyclic) bond motifs is 2. The molecule has 6 heteroatoms. The van der Waals surface area contributed by atoms with Gasteiger partial charge < -0.3 is 10.3 Å². The molecule has 0 saturated heterocycles. The Kier molecular flexibility index (Phi) is 5.11. The molecule has 5 aromatic rings. The van der Waals surface area contributed by atoms with E-state index in [0.717, 1.165) is 34.7 Å². The first kappa shape index (κ1) is 19.9. The number of hydrogen-bond donors (Lipinski definition) is 2. The van der Waals surface area contributed by atoms with Crippen LogP contribution in [0, 0.1) is 5.82 Å². The molecule has 0 spiro atoms. The molecule has 0 aliphatic rings. The van der Waals surface area contributed by atoms with Gasteiger partial charge in [-0.05, 0) is 53.8 Å². The van der Waals surface area contributed by atoms with Crippen LogP contribution in [0.3, 0.4) is 0 Å². The Balaban J connectivity index is 1.60. The highest BCUT2D eigenvalue weighted by Crippen LogP contribution is 2.33. The van der Waals surface area contributed by atoms with Gasteiger partial charge in [0.15, 0.2) is 0 Å². The van der Waals surface area contributed by atoms with E-state index >= 15 is 4.39 Å². The SMILES string of the molecule is CNC(=O)c1cnc2[nH]cc(-c3cc(F)c4nccc(CCc5ccccc5)c4c3)c2c1. The largest absolute Gasteiger partial charge is 0.355 e. The monoisotopic (exact) mass is 424 g/mol. The summed E-state index contributed by atoms with van der Waals surface area (Å²) in [7, 11) is 1.58. The lowest BCUT2D eigenvalue weighted by atomic mass is 9.97. The Morgan fingerprint density at radius 1 is 1.03 bits per heavy atom. The third-order valence-corrected chi connectivity index (χ3v) is 5.75. The van der Waals surface area contributed by atoms with Gasteiger partial charge in [0, 0.05) is 42.0 Å². The Morgan fingerprint density at radius 2 is 1.88 bits per heavy atom.